The topological polar surface area (TPSA) is 45.7 Å². The Morgan fingerprint density at radius 1 is 1.08 bits per heavy atom. The third-order valence-corrected chi connectivity index (χ3v) is 6.30. The maximum atomic E-state index is 12.4. The van der Waals surface area contributed by atoms with Gasteiger partial charge in [-0.15, -0.1) is 0 Å². The third-order valence-electron chi connectivity index (χ3n) is 6.30. The summed E-state index contributed by atoms with van der Waals surface area (Å²) in [6.45, 7) is 5.30. The zero-order valence-electron chi connectivity index (χ0n) is 15.0. The predicted octanol–water partition coefficient (Wildman–Crippen LogP) is 2.86. The van der Waals surface area contributed by atoms with Crippen molar-refractivity contribution in [2.75, 3.05) is 37.6 Å². The Labute approximate surface area is 150 Å². The Morgan fingerprint density at radius 2 is 1.80 bits per heavy atom. The van der Waals surface area contributed by atoms with Crippen LogP contribution in [-0.2, 0) is 9.53 Å². The Hall–Kier alpha value is -1.62. The molecule has 2 saturated heterocycles. The highest BCUT2D eigenvalue weighted by atomic mass is 16.6. The molecule has 3 heterocycles. The van der Waals surface area contributed by atoms with Crippen molar-refractivity contribution >= 4 is 11.7 Å². The number of ether oxygens (including phenoxy) is 1. The van der Waals surface area contributed by atoms with Crippen LogP contribution in [0.4, 0.5) is 5.69 Å². The van der Waals surface area contributed by atoms with Crippen LogP contribution in [0.3, 0.4) is 0 Å². The molecule has 136 valence electrons. The minimum atomic E-state index is -0.122. The van der Waals surface area contributed by atoms with Gasteiger partial charge in [0, 0.05) is 57.2 Å². The first-order valence-corrected chi connectivity index (χ1v) is 9.84. The molecule has 2 aliphatic heterocycles. The number of pyridine rings is 1. The van der Waals surface area contributed by atoms with Gasteiger partial charge in [-0.2, -0.15) is 0 Å². The van der Waals surface area contributed by atoms with Crippen molar-refractivity contribution in [3.8, 4) is 0 Å². The molecule has 0 aromatic carbocycles. The van der Waals surface area contributed by atoms with Crippen LogP contribution in [-0.4, -0.2) is 54.7 Å². The van der Waals surface area contributed by atoms with Gasteiger partial charge in [0.15, 0.2) is 0 Å². The lowest BCUT2D eigenvalue weighted by Crippen LogP contribution is -2.47. The first-order chi connectivity index (χ1) is 12.3. The fourth-order valence-electron chi connectivity index (χ4n) is 4.75. The van der Waals surface area contributed by atoms with Crippen molar-refractivity contribution in [2.24, 2.45) is 5.41 Å². The van der Waals surface area contributed by atoms with E-state index in [-0.39, 0.29) is 17.5 Å². The van der Waals surface area contributed by atoms with Gasteiger partial charge in [0.2, 0.25) is 0 Å². The lowest BCUT2D eigenvalue weighted by molar-refractivity contribution is -0.150. The molecular weight excluding hydrogens is 314 g/mol. The third kappa shape index (κ3) is 3.66. The number of anilines is 1. The summed E-state index contributed by atoms with van der Waals surface area (Å²) in [5, 5.41) is 0. The number of piperazine rings is 1. The summed E-state index contributed by atoms with van der Waals surface area (Å²) < 4.78 is 5.75. The van der Waals surface area contributed by atoms with Gasteiger partial charge >= 0.3 is 5.97 Å². The normalized spacial score (nSPS) is 26.8. The van der Waals surface area contributed by atoms with Crippen LogP contribution in [0.1, 0.15) is 44.9 Å². The number of carbonyl (C=O) groups is 1. The SMILES string of the molecule is O=C1OC(CCN2CCN(c3ccncc3)CC2)CC12CCCCC2. The predicted molar refractivity (Wildman–Crippen MR) is 97.5 cm³/mol. The van der Waals surface area contributed by atoms with Crippen LogP contribution in [0.15, 0.2) is 24.5 Å². The summed E-state index contributed by atoms with van der Waals surface area (Å²) in [6.07, 6.45) is 11.6. The van der Waals surface area contributed by atoms with Crippen molar-refractivity contribution in [1.29, 1.82) is 0 Å². The monoisotopic (exact) mass is 343 g/mol. The average molecular weight is 343 g/mol. The van der Waals surface area contributed by atoms with E-state index in [9.17, 15) is 4.79 Å². The van der Waals surface area contributed by atoms with Crippen LogP contribution in [0.2, 0.25) is 0 Å². The van der Waals surface area contributed by atoms with E-state index in [0.29, 0.717) is 0 Å². The van der Waals surface area contributed by atoms with Crippen molar-refractivity contribution < 1.29 is 9.53 Å². The number of hydrogen-bond acceptors (Lipinski definition) is 5. The van der Waals surface area contributed by atoms with E-state index in [4.69, 9.17) is 4.74 Å². The average Bonchev–Trinajstić information content (AvgIpc) is 2.97. The van der Waals surface area contributed by atoms with Crippen molar-refractivity contribution in [3.05, 3.63) is 24.5 Å². The Bertz CT molecular complexity index is 578. The molecular formula is C20H29N3O2. The molecule has 1 spiro atoms. The summed E-state index contributed by atoms with van der Waals surface area (Å²) in [4.78, 5) is 21.4. The second kappa shape index (κ2) is 7.32. The molecule has 4 rings (SSSR count). The molecule has 0 radical (unpaired) electrons. The summed E-state index contributed by atoms with van der Waals surface area (Å²) >= 11 is 0. The van der Waals surface area contributed by atoms with Gasteiger partial charge in [0.25, 0.3) is 0 Å². The Morgan fingerprint density at radius 3 is 2.52 bits per heavy atom. The first-order valence-electron chi connectivity index (χ1n) is 9.84. The van der Waals surface area contributed by atoms with Crippen LogP contribution in [0.25, 0.3) is 0 Å². The molecule has 1 aromatic rings. The second-order valence-corrected chi connectivity index (χ2v) is 7.90. The number of nitrogens with zero attached hydrogens (tertiary/aromatic N) is 3. The molecule has 5 heteroatoms. The number of esters is 1. The molecule has 1 aromatic heterocycles. The van der Waals surface area contributed by atoms with E-state index in [1.54, 1.807) is 0 Å². The molecule has 0 amide bonds. The summed E-state index contributed by atoms with van der Waals surface area (Å²) in [5.41, 5.74) is 1.14. The zero-order chi connectivity index (χ0) is 17.1. The number of hydrogen-bond donors (Lipinski definition) is 0. The largest absolute Gasteiger partial charge is 0.462 e. The summed E-state index contributed by atoms with van der Waals surface area (Å²) in [5.74, 6) is 0.0970. The molecule has 3 fully saturated rings. The van der Waals surface area contributed by atoms with Gasteiger partial charge < -0.3 is 9.64 Å². The van der Waals surface area contributed by atoms with E-state index in [1.807, 2.05) is 12.4 Å². The van der Waals surface area contributed by atoms with Crippen LogP contribution < -0.4 is 4.90 Å². The quantitative estimate of drug-likeness (QED) is 0.787. The standard InChI is InChI=1S/C20H29N3O2/c24-19-20(7-2-1-3-8-20)16-18(25-19)6-11-22-12-14-23(15-13-22)17-4-9-21-10-5-17/h4-5,9-10,18H,1-3,6-8,11-16H2. The number of rotatable bonds is 4. The first kappa shape index (κ1) is 16.8. The van der Waals surface area contributed by atoms with Crippen LogP contribution >= 0.6 is 0 Å². The van der Waals surface area contributed by atoms with Crippen molar-refractivity contribution in [3.63, 3.8) is 0 Å². The molecule has 3 aliphatic rings. The van der Waals surface area contributed by atoms with Crippen molar-refractivity contribution in [1.82, 2.24) is 9.88 Å². The van der Waals surface area contributed by atoms with Gasteiger partial charge in [-0.25, -0.2) is 0 Å². The highest BCUT2D eigenvalue weighted by Gasteiger charge is 2.48. The summed E-state index contributed by atoms with van der Waals surface area (Å²) in [6, 6.07) is 4.16. The number of cyclic esters (lactones) is 1. The van der Waals surface area contributed by atoms with Gasteiger partial charge in [-0.05, 0) is 31.4 Å². The highest BCUT2D eigenvalue weighted by Crippen LogP contribution is 2.46. The molecule has 5 nitrogen and oxygen atoms in total. The fraction of sp³-hybridized carbons (Fsp3) is 0.700. The second-order valence-electron chi connectivity index (χ2n) is 7.90. The number of aromatic nitrogens is 1. The van der Waals surface area contributed by atoms with Gasteiger partial charge in [-0.1, -0.05) is 19.3 Å². The molecule has 1 unspecified atom stereocenters. The summed E-state index contributed by atoms with van der Waals surface area (Å²) in [7, 11) is 0. The van der Waals surface area contributed by atoms with Crippen LogP contribution in [0, 0.1) is 5.41 Å². The van der Waals surface area contributed by atoms with Crippen molar-refractivity contribution in [2.45, 2.75) is 51.0 Å². The maximum Gasteiger partial charge on any atom is 0.312 e. The lowest BCUT2D eigenvalue weighted by atomic mass is 9.72. The Balaban J connectivity index is 1.23. The number of carbonyl (C=O) groups excluding carboxylic acids is 1. The van der Waals surface area contributed by atoms with E-state index in [2.05, 4.69) is 26.9 Å². The van der Waals surface area contributed by atoms with Gasteiger partial charge in [0.1, 0.15) is 6.10 Å². The minimum absolute atomic E-state index is 0.0970. The maximum absolute atomic E-state index is 12.4. The fourth-order valence-corrected chi connectivity index (χ4v) is 4.75. The smallest absolute Gasteiger partial charge is 0.312 e. The highest BCUT2D eigenvalue weighted by molar-refractivity contribution is 5.79. The van der Waals surface area contributed by atoms with E-state index >= 15 is 0 Å². The zero-order valence-corrected chi connectivity index (χ0v) is 15.0. The molecule has 0 N–H and O–H groups in total. The van der Waals surface area contributed by atoms with Crippen LogP contribution in [0.5, 0.6) is 0 Å². The molecule has 1 aliphatic carbocycles. The van der Waals surface area contributed by atoms with Gasteiger partial charge in [-0.3, -0.25) is 14.7 Å². The van der Waals surface area contributed by atoms with Gasteiger partial charge in [0.05, 0.1) is 5.41 Å². The van der Waals surface area contributed by atoms with E-state index in [0.717, 1.165) is 58.4 Å². The molecule has 0 bridgehead atoms. The minimum Gasteiger partial charge on any atom is -0.462 e. The lowest BCUT2D eigenvalue weighted by Gasteiger charge is -2.36. The van der Waals surface area contributed by atoms with E-state index < -0.39 is 0 Å². The molecule has 1 saturated carbocycles. The molecule has 1 atom stereocenters. The van der Waals surface area contributed by atoms with E-state index in [1.165, 1.54) is 24.9 Å². The molecule has 25 heavy (non-hydrogen) atoms. The Kier molecular flexibility index (Phi) is 4.93.